The van der Waals surface area contributed by atoms with E-state index in [4.69, 9.17) is 13.9 Å². The van der Waals surface area contributed by atoms with Crippen LogP contribution in [0.5, 0.6) is 11.5 Å². The van der Waals surface area contributed by atoms with E-state index >= 15 is 0 Å². The monoisotopic (exact) mass is 474 g/mol. The normalized spacial score (nSPS) is 10.0. The molecule has 5 heteroatoms. The summed E-state index contributed by atoms with van der Waals surface area (Å²) in [5.74, 6) is 7.57. The van der Waals surface area contributed by atoms with Gasteiger partial charge < -0.3 is 13.9 Å². The van der Waals surface area contributed by atoms with Gasteiger partial charge in [0.25, 0.3) is 0 Å². The van der Waals surface area contributed by atoms with Crippen molar-refractivity contribution in [3.63, 3.8) is 0 Å². The Morgan fingerprint density at radius 3 is 1.67 bits per heavy atom. The Morgan fingerprint density at radius 1 is 0.722 bits per heavy atom. The van der Waals surface area contributed by atoms with Gasteiger partial charge in [0, 0.05) is 33.9 Å². The molecule has 0 aliphatic heterocycles. The molecule has 3 aromatic carbocycles. The third-order valence-electron chi connectivity index (χ3n) is 5.06. The topological polar surface area (TPSA) is 65.7 Å². The van der Waals surface area contributed by atoms with Gasteiger partial charge >= 0.3 is 11.9 Å². The Bertz CT molecular complexity index is 1480. The highest BCUT2D eigenvalue weighted by molar-refractivity contribution is 5.88. The number of esters is 2. The quantitative estimate of drug-likeness (QED) is 0.137. The molecule has 1 aromatic heterocycles. The lowest BCUT2D eigenvalue weighted by atomic mass is 10.1. The molecule has 0 amide bonds. The summed E-state index contributed by atoms with van der Waals surface area (Å²) in [7, 11) is 0. The zero-order valence-corrected chi connectivity index (χ0v) is 19.6. The summed E-state index contributed by atoms with van der Waals surface area (Å²) in [6, 6.07) is 25.6. The molecular weight excluding hydrogens is 452 g/mol. The molecule has 0 unspecified atom stereocenters. The van der Waals surface area contributed by atoms with Crippen molar-refractivity contribution < 1.29 is 23.5 Å². The summed E-state index contributed by atoms with van der Waals surface area (Å²) >= 11 is 0. The standard InChI is InChI=1S/C31H22O5/c1-4-30(32)34-26-15-9-23(10-16-26)6-5-22-7-11-24(12-8-22)28-19-20-29(36-28)25-13-17-27(18-14-25)35-31(33)21(2)3/h4,7-20H,1-2H2,3H3. The molecule has 0 fully saturated rings. The van der Waals surface area contributed by atoms with E-state index < -0.39 is 11.9 Å². The van der Waals surface area contributed by atoms with Crippen molar-refractivity contribution in [2.75, 3.05) is 0 Å². The van der Waals surface area contributed by atoms with Crippen LogP contribution in [0.2, 0.25) is 0 Å². The average Bonchev–Trinajstić information content (AvgIpc) is 3.39. The summed E-state index contributed by atoms with van der Waals surface area (Å²) in [5, 5.41) is 0. The summed E-state index contributed by atoms with van der Waals surface area (Å²) in [6.45, 7) is 8.55. The van der Waals surface area contributed by atoms with Crippen LogP contribution in [0, 0.1) is 11.8 Å². The fourth-order valence-corrected chi connectivity index (χ4v) is 3.16. The molecule has 0 aliphatic rings. The summed E-state index contributed by atoms with van der Waals surface area (Å²) in [4.78, 5) is 22.9. The van der Waals surface area contributed by atoms with Crippen LogP contribution in [0.25, 0.3) is 22.6 Å². The first kappa shape index (κ1) is 24.1. The van der Waals surface area contributed by atoms with E-state index in [9.17, 15) is 9.59 Å². The second-order valence-corrected chi connectivity index (χ2v) is 7.84. The average molecular weight is 475 g/mol. The van der Waals surface area contributed by atoms with Crippen molar-refractivity contribution in [2.45, 2.75) is 6.92 Å². The molecule has 0 saturated carbocycles. The lowest BCUT2D eigenvalue weighted by Gasteiger charge is -2.04. The van der Waals surface area contributed by atoms with E-state index in [0.717, 1.165) is 34.1 Å². The number of hydrogen-bond acceptors (Lipinski definition) is 5. The predicted molar refractivity (Wildman–Crippen MR) is 138 cm³/mol. The fraction of sp³-hybridized carbons (Fsp3) is 0.0323. The molecule has 0 aliphatic carbocycles. The van der Waals surface area contributed by atoms with Crippen LogP contribution >= 0.6 is 0 Å². The lowest BCUT2D eigenvalue weighted by molar-refractivity contribution is -0.130. The Morgan fingerprint density at radius 2 is 1.17 bits per heavy atom. The van der Waals surface area contributed by atoms with Crippen molar-refractivity contribution >= 4 is 11.9 Å². The van der Waals surface area contributed by atoms with Gasteiger partial charge in [-0.3, -0.25) is 0 Å². The Hall–Kier alpha value is -5.08. The van der Waals surface area contributed by atoms with Gasteiger partial charge in [-0.25, -0.2) is 9.59 Å². The number of carbonyl (C=O) groups is 2. The van der Waals surface area contributed by atoms with E-state index in [1.165, 1.54) is 0 Å². The number of rotatable bonds is 6. The van der Waals surface area contributed by atoms with E-state index in [1.807, 2.05) is 48.5 Å². The highest BCUT2D eigenvalue weighted by atomic mass is 16.5. The minimum atomic E-state index is -0.503. The number of carbonyl (C=O) groups excluding carboxylic acids is 2. The van der Waals surface area contributed by atoms with E-state index in [0.29, 0.717) is 22.8 Å². The zero-order chi connectivity index (χ0) is 25.5. The van der Waals surface area contributed by atoms with Gasteiger partial charge in [0.15, 0.2) is 0 Å². The van der Waals surface area contributed by atoms with Crippen molar-refractivity contribution in [1.29, 1.82) is 0 Å². The minimum absolute atomic E-state index is 0.342. The SMILES string of the molecule is C=CC(=O)Oc1ccc(C#Cc2ccc(-c3ccc(-c4ccc(OC(=O)C(=C)C)cc4)o3)cc2)cc1. The first-order chi connectivity index (χ1) is 17.4. The Balaban J connectivity index is 1.41. The highest BCUT2D eigenvalue weighted by Crippen LogP contribution is 2.29. The first-order valence-electron chi connectivity index (χ1n) is 11.1. The van der Waals surface area contributed by atoms with Gasteiger partial charge in [-0.2, -0.15) is 0 Å². The van der Waals surface area contributed by atoms with Gasteiger partial charge in [-0.1, -0.05) is 37.1 Å². The fourth-order valence-electron chi connectivity index (χ4n) is 3.16. The van der Waals surface area contributed by atoms with Crippen LogP contribution in [-0.2, 0) is 9.59 Å². The second-order valence-electron chi connectivity index (χ2n) is 7.84. The maximum Gasteiger partial charge on any atom is 0.338 e. The largest absolute Gasteiger partial charge is 0.456 e. The first-order valence-corrected chi connectivity index (χ1v) is 11.1. The van der Waals surface area contributed by atoms with Crippen molar-refractivity contribution in [2.24, 2.45) is 0 Å². The van der Waals surface area contributed by atoms with Crippen molar-refractivity contribution in [3.05, 3.63) is 121 Å². The van der Waals surface area contributed by atoms with Gasteiger partial charge in [-0.15, -0.1) is 0 Å². The van der Waals surface area contributed by atoms with Gasteiger partial charge in [0.2, 0.25) is 0 Å². The molecule has 4 aromatic rings. The van der Waals surface area contributed by atoms with Gasteiger partial charge in [0.1, 0.15) is 23.0 Å². The molecule has 0 atom stereocenters. The summed E-state index contributed by atoms with van der Waals surface area (Å²) < 4.78 is 16.3. The molecule has 0 N–H and O–H groups in total. The van der Waals surface area contributed by atoms with E-state index in [-0.39, 0.29) is 0 Å². The smallest absolute Gasteiger partial charge is 0.338 e. The summed E-state index contributed by atoms with van der Waals surface area (Å²) in [6.07, 6.45) is 1.12. The third-order valence-corrected chi connectivity index (χ3v) is 5.06. The van der Waals surface area contributed by atoms with Crippen LogP contribution in [0.3, 0.4) is 0 Å². The van der Waals surface area contributed by atoms with Crippen molar-refractivity contribution in [3.8, 4) is 46.0 Å². The van der Waals surface area contributed by atoms with Crippen molar-refractivity contribution in [1.82, 2.24) is 0 Å². The molecule has 5 nitrogen and oxygen atoms in total. The second kappa shape index (κ2) is 10.9. The Kier molecular flexibility index (Phi) is 7.28. The number of furan rings is 1. The number of benzene rings is 3. The number of hydrogen-bond donors (Lipinski definition) is 0. The molecule has 36 heavy (non-hydrogen) atoms. The molecule has 0 radical (unpaired) electrons. The highest BCUT2D eigenvalue weighted by Gasteiger charge is 2.09. The van der Waals surface area contributed by atoms with Crippen LogP contribution in [0.15, 0.2) is 114 Å². The maximum atomic E-state index is 11.7. The Labute approximate surface area is 209 Å². The lowest BCUT2D eigenvalue weighted by Crippen LogP contribution is -2.07. The summed E-state index contributed by atoms with van der Waals surface area (Å²) in [5.41, 5.74) is 3.78. The molecule has 0 spiro atoms. The van der Waals surface area contributed by atoms with Gasteiger partial charge in [0.05, 0.1) is 0 Å². The molecule has 0 saturated heterocycles. The van der Waals surface area contributed by atoms with Gasteiger partial charge in [-0.05, 0) is 79.7 Å². The van der Waals surface area contributed by atoms with Crippen LogP contribution in [-0.4, -0.2) is 11.9 Å². The maximum absolute atomic E-state index is 11.7. The molecular formula is C31H22O5. The molecule has 0 bridgehead atoms. The van der Waals surface area contributed by atoms with E-state index in [2.05, 4.69) is 25.0 Å². The minimum Gasteiger partial charge on any atom is -0.456 e. The predicted octanol–water partition coefficient (Wildman–Crippen LogP) is 6.59. The van der Waals surface area contributed by atoms with Crippen LogP contribution in [0.1, 0.15) is 18.1 Å². The molecule has 1 heterocycles. The third kappa shape index (κ3) is 6.07. The zero-order valence-electron chi connectivity index (χ0n) is 19.6. The van der Waals surface area contributed by atoms with E-state index in [1.54, 1.807) is 43.3 Å². The number of ether oxygens (including phenoxy) is 2. The van der Waals surface area contributed by atoms with Crippen LogP contribution < -0.4 is 9.47 Å². The van der Waals surface area contributed by atoms with Crippen LogP contribution in [0.4, 0.5) is 0 Å². The molecule has 176 valence electrons. The molecule has 4 rings (SSSR count).